The minimum atomic E-state index is 0.0523. The van der Waals surface area contributed by atoms with Crippen molar-refractivity contribution in [1.82, 2.24) is 10.2 Å². The van der Waals surface area contributed by atoms with Crippen molar-refractivity contribution in [2.24, 2.45) is 5.92 Å². The Kier molecular flexibility index (Phi) is 5.63. The third-order valence-corrected chi connectivity index (χ3v) is 5.13. The van der Waals surface area contributed by atoms with E-state index in [1.807, 2.05) is 0 Å². The summed E-state index contributed by atoms with van der Waals surface area (Å²) in [5, 5.41) is 2.90. The lowest BCUT2D eigenvalue weighted by atomic mass is 9.87. The molecule has 2 aliphatic rings. The minimum Gasteiger partial charge on any atom is -0.354 e. The summed E-state index contributed by atoms with van der Waals surface area (Å²) in [5.41, 5.74) is 0. The molecule has 2 fully saturated rings. The highest BCUT2D eigenvalue weighted by atomic mass is 32.2. The maximum absolute atomic E-state index is 11.8. The van der Waals surface area contributed by atoms with Crippen molar-refractivity contribution < 1.29 is 9.59 Å². The van der Waals surface area contributed by atoms with E-state index in [-0.39, 0.29) is 11.8 Å². The number of thioether (sulfide) groups is 1. The highest BCUT2D eigenvalue weighted by Gasteiger charge is 2.26. The van der Waals surface area contributed by atoms with Crippen LogP contribution in [0.5, 0.6) is 0 Å². The standard InChI is InChI=1S/C13H20N2O2S2/c16-11(8-10-4-2-1-3-5-10)14-6-7-15-12(17)9-19-13(15)18/h10H,1-9H2,(H,14,16). The van der Waals surface area contributed by atoms with E-state index in [1.54, 1.807) is 4.90 Å². The molecule has 0 unspecified atom stereocenters. The summed E-state index contributed by atoms with van der Waals surface area (Å²) in [6, 6.07) is 0. The van der Waals surface area contributed by atoms with Gasteiger partial charge in [-0.2, -0.15) is 0 Å². The first-order valence-corrected chi connectivity index (χ1v) is 8.30. The molecule has 0 aromatic heterocycles. The smallest absolute Gasteiger partial charge is 0.238 e. The van der Waals surface area contributed by atoms with Crippen molar-refractivity contribution in [3.8, 4) is 0 Å². The van der Waals surface area contributed by atoms with Gasteiger partial charge in [-0.1, -0.05) is 43.2 Å². The van der Waals surface area contributed by atoms with E-state index in [2.05, 4.69) is 5.32 Å². The van der Waals surface area contributed by atoms with Crippen LogP contribution in [0.25, 0.3) is 0 Å². The van der Waals surface area contributed by atoms with Gasteiger partial charge in [-0.3, -0.25) is 14.5 Å². The zero-order chi connectivity index (χ0) is 13.7. The molecule has 1 aliphatic heterocycles. The minimum absolute atomic E-state index is 0.0523. The van der Waals surface area contributed by atoms with Crippen LogP contribution in [0.15, 0.2) is 0 Å². The fraction of sp³-hybridized carbons (Fsp3) is 0.769. The Hall–Kier alpha value is -0.620. The van der Waals surface area contributed by atoms with E-state index in [0.717, 1.165) is 0 Å². The first-order chi connectivity index (χ1) is 9.16. The Bertz CT molecular complexity index is 352. The Balaban J connectivity index is 1.63. The van der Waals surface area contributed by atoms with Gasteiger partial charge in [0.15, 0.2) is 0 Å². The first-order valence-electron chi connectivity index (χ1n) is 6.90. The number of amides is 2. The normalized spacial score (nSPS) is 20.9. The van der Waals surface area contributed by atoms with Crippen molar-refractivity contribution in [1.29, 1.82) is 0 Å². The molecular formula is C13H20N2O2S2. The van der Waals surface area contributed by atoms with E-state index in [4.69, 9.17) is 12.2 Å². The van der Waals surface area contributed by atoms with Gasteiger partial charge in [-0.05, 0) is 18.8 Å². The fourth-order valence-electron chi connectivity index (χ4n) is 2.63. The summed E-state index contributed by atoms with van der Waals surface area (Å²) < 4.78 is 0.631. The molecule has 1 saturated carbocycles. The summed E-state index contributed by atoms with van der Waals surface area (Å²) in [6.07, 6.45) is 6.81. The molecule has 0 aromatic rings. The first kappa shape index (κ1) is 14.8. The van der Waals surface area contributed by atoms with Crippen LogP contribution in [0.3, 0.4) is 0 Å². The highest BCUT2D eigenvalue weighted by molar-refractivity contribution is 8.23. The van der Waals surface area contributed by atoms with Crippen molar-refractivity contribution in [2.75, 3.05) is 18.8 Å². The number of carbonyl (C=O) groups is 2. The summed E-state index contributed by atoms with van der Waals surface area (Å²) in [5.74, 6) is 1.15. The number of carbonyl (C=O) groups excluding carboxylic acids is 2. The van der Waals surface area contributed by atoms with Gasteiger partial charge in [-0.15, -0.1) is 0 Å². The second-order valence-electron chi connectivity index (χ2n) is 5.16. The lowest BCUT2D eigenvalue weighted by Gasteiger charge is -2.21. The van der Waals surface area contributed by atoms with Gasteiger partial charge in [0.2, 0.25) is 11.8 Å². The maximum atomic E-state index is 11.8. The van der Waals surface area contributed by atoms with Gasteiger partial charge in [0, 0.05) is 19.5 Å². The van der Waals surface area contributed by atoms with Gasteiger partial charge in [0.05, 0.1) is 5.75 Å². The molecule has 0 spiro atoms. The number of hydrogen-bond acceptors (Lipinski definition) is 4. The number of thiocarbonyl (C=S) groups is 1. The van der Waals surface area contributed by atoms with Crippen LogP contribution in [0, 0.1) is 5.92 Å². The van der Waals surface area contributed by atoms with Gasteiger partial charge < -0.3 is 5.32 Å². The summed E-state index contributed by atoms with van der Waals surface area (Å²) in [6.45, 7) is 0.999. The van der Waals surface area contributed by atoms with Gasteiger partial charge >= 0.3 is 0 Å². The van der Waals surface area contributed by atoms with Crippen LogP contribution in [0.2, 0.25) is 0 Å². The Morgan fingerprint density at radius 3 is 2.74 bits per heavy atom. The Labute approximate surface area is 123 Å². The van der Waals surface area contributed by atoms with E-state index >= 15 is 0 Å². The highest BCUT2D eigenvalue weighted by Crippen LogP contribution is 2.26. The average molecular weight is 300 g/mol. The van der Waals surface area contributed by atoms with Crippen LogP contribution in [-0.2, 0) is 9.59 Å². The molecule has 6 heteroatoms. The van der Waals surface area contributed by atoms with Gasteiger partial charge in [0.1, 0.15) is 4.32 Å². The van der Waals surface area contributed by atoms with Crippen LogP contribution in [-0.4, -0.2) is 39.9 Å². The van der Waals surface area contributed by atoms with E-state index in [9.17, 15) is 9.59 Å². The monoisotopic (exact) mass is 300 g/mol. The molecule has 2 rings (SSSR count). The molecule has 0 aromatic carbocycles. The van der Waals surface area contributed by atoms with Crippen LogP contribution >= 0.6 is 24.0 Å². The second kappa shape index (κ2) is 7.24. The predicted octanol–water partition coefficient (Wildman–Crippen LogP) is 1.93. The molecule has 1 N–H and O–H groups in total. The second-order valence-corrected chi connectivity index (χ2v) is 6.77. The largest absolute Gasteiger partial charge is 0.354 e. The zero-order valence-corrected chi connectivity index (χ0v) is 12.7. The number of hydrogen-bond donors (Lipinski definition) is 1. The molecule has 0 atom stereocenters. The van der Waals surface area contributed by atoms with Crippen molar-refractivity contribution >= 4 is 40.1 Å². The van der Waals surface area contributed by atoms with Crippen molar-refractivity contribution in [3.63, 3.8) is 0 Å². The lowest BCUT2D eigenvalue weighted by molar-refractivity contribution is -0.125. The molecule has 0 bridgehead atoms. The predicted molar refractivity (Wildman–Crippen MR) is 81.0 cm³/mol. The van der Waals surface area contributed by atoms with Crippen LogP contribution in [0.1, 0.15) is 38.5 Å². The van der Waals surface area contributed by atoms with Gasteiger partial charge in [-0.25, -0.2) is 0 Å². The molecule has 19 heavy (non-hydrogen) atoms. The topological polar surface area (TPSA) is 49.4 Å². The summed E-state index contributed by atoms with van der Waals surface area (Å²) in [7, 11) is 0. The Morgan fingerprint density at radius 2 is 2.11 bits per heavy atom. The number of nitrogens with one attached hydrogen (secondary N) is 1. The molecular weight excluding hydrogens is 280 g/mol. The molecule has 1 heterocycles. The lowest BCUT2D eigenvalue weighted by Crippen LogP contribution is -2.37. The fourth-order valence-corrected chi connectivity index (χ4v) is 3.75. The molecule has 4 nitrogen and oxygen atoms in total. The molecule has 1 saturated heterocycles. The quantitative estimate of drug-likeness (QED) is 0.788. The van der Waals surface area contributed by atoms with E-state index in [1.165, 1.54) is 43.9 Å². The third-order valence-electron chi connectivity index (χ3n) is 3.70. The summed E-state index contributed by atoms with van der Waals surface area (Å²) >= 11 is 6.48. The third kappa shape index (κ3) is 4.45. The number of rotatable bonds is 5. The Morgan fingerprint density at radius 1 is 1.37 bits per heavy atom. The molecule has 2 amide bonds. The van der Waals surface area contributed by atoms with Gasteiger partial charge in [0.25, 0.3) is 0 Å². The molecule has 106 valence electrons. The number of nitrogens with zero attached hydrogens (tertiary/aromatic N) is 1. The molecule has 1 aliphatic carbocycles. The molecule has 0 radical (unpaired) electrons. The van der Waals surface area contributed by atoms with Crippen molar-refractivity contribution in [3.05, 3.63) is 0 Å². The average Bonchev–Trinajstić information content (AvgIpc) is 2.71. The van der Waals surface area contributed by atoms with Crippen molar-refractivity contribution in [2.45, 2.75) is 38.5 Å². The SMILES string of the molecule is O=C(CC1CCCCC1)NCCN1C(=O)CSC1=S. The maximum Gasteiger partial charge on any atom is 0.238 e. The van der Waals surface area contributed by atoms with E-state index < -0.39 is 0 Å². The van der Waals surface area contributed by atoms with Crippen LogP contribution < -0.4 is 5.32 Å². The van der Waals surface area contributed by atoms with E-state index in [0.29, 0.717) is 35.5 Å². The zero-order valence-electron chi connectivity index (χ0n) is 11.0. The van der Waals surface area contributed by atoms with Crippen LogP contribution in [0.4, 0.5) is 0 Å². The summed E-state index contributed by atoms with van der Waals surface area (Å²) in [4.78, 5) is 24.9.